The van der Waals surface area contributed by atoms with Gasteiger partial charge in [-0.25, -0.2) is 8.78 Å². The minimum atomic E-state index is -0.734. The van der Waals surface area contributed by atoms with Gasteiger partial charge in [0.15, 0.2) is 0 Å². The van der Waals surface area contributed by atoms with Crippen LogP contribution in [0.4, 0.5) is 42.9 Å². The molecule has 0 fully saturated rings. The number of ether oxygens (including phenoxy) is 2. The number of unbranched alkanes of at least 4 members (excludes halogenated alkanes) is 2. The van der Waals surface area contributed by atoms with Crippen molar-refractivity contribution in [3.8, 4) is 78.3 Å². The molecule has 137 heavy (non-hydrogen) atoms. The first-order valence-corrected chi connectivity index (χ1v) is 47.9. The van der Waals surface area contributed by atoms with E-state index in [1.165, 1.54) is 113 Å². The van der Waals surface area contributed by atoms with Gasteiger partial charge in [-0.3, -0.25) is 0 Å². The Bertz CT molecular complexity index is 7200. The molecule has 19 aromatic rings. The second-order valence-electron chi connectivity index (χ2n) is 38.7. The first-order valence-electron chi connectivity index (χ1n) is 47.9. The van der Waals surface area contributed by atoms with Crippen molar-refractivity contribution < 1.29 is 22.7 Å². The Balaban J connectivity index is 0.689. The number of halogens is 2. The number of fused-ring (bicyclic) bond motifs is 9. The average Bonchev–Trinajstić information content (AvgIpc) is 1.54. The van der Waals surface area contributed by atoms with Crippen molar-refractivity contribution in [1.82, 2.24) is 0 Å². The first kappa shape index (κ1) is 87.9. The van der Waals surface area contributed by atoms with E-state index in [-0.39, 0.29) is 22.5 Å². The molecule has 7 heteroatoms. The van der Waals surface area contributed by atoms with Crippen LogP contribution in [0.3, 0.4) is 0 Å². The Hall–Kier alpha value is -15.7. The quantitative estimate of drug-likeness (QED) is 0.0457. The lowest BCUT2D eigenvalue weighted by Gasteiger charge is -2.35. The molecule has 18 aromatic carbocycles. The molecular formula is C130H108F2N2O3. The van der Waals surface area contributed by atoms with Crippen molar-refractivity contribution in [2.45, 2.75) is 102 Å². The fourth-order valence-electron chi connectivity index (χ4n) is 20.9. The van der Waals surface area contributed by atoms with E-state index in [4.69, 9.17) is 13.9 Å². The summed E-state index contributed by atoms with van der Waals surface area (Å²) in [5.74, 6) is 1.21. The molecule has 0 N–H and O–H groups in total. The van der Waals surface area contributed by atoms with Crippen LogP contribution in [0.1, 0.15) is 145 Å². The van der Waals surface area contributed by atoms with Gasteiger partial charge in [-0.2, -0.15) is 0 Å². The highest BCUT2D eigenvalue weighted by Crippen LogP contribution is 2.61. The van der Waals surface area contributed by atoms with E-state index in [9.17, 15) is 8.78 Å². The van der Waals surface area contributed by atoms with Crippen molar-refractivity contribution >= 4 is 68.2 Å². The molecule has 0 bridgehead atoms. The van der Waals surface area contributed by atoms with E-state index in [1.54, 1.807) is 0 Å². The highest BCUT2D eigenvalue weighted by molar-refractivity contribution is 6.08. The molecule has 0 radical (unpaired) electrons. The van der Waals surface area contributed by atoms with Gasteiger partial charge < -0.3 is 23.7 Å². The number of hydrogen-bond donors (Lipinski definition) is 0. The molecule has 2 unspecified atom stereocenters. The van der Waals surface area contributed by atoms with Gasteiger partial charge in [0.25, 0.3) is 0 Å². The van der Waals surface area contributed by atoms with Crippen LogP contribution in [0.15, 0.2) is 430 Å². The summed E-state index contributed by atoms with van der Waals surface area (Å²) in [7, 11) is 0. The summed E-state index contributed by atoms with van der Waals surface area (Å²) in [4.78, 5) is 4.79. The van der Waals surface area contributed by atoms with Crippen molar-refractivity contribution in [2.75, 3.05) is 23.0 Å². The Morgan fingerprint density at radius 3 is 0.949 bits per heavy atom. The minimum absolute atomic E-state index is 0.0732. The minimum Gasteiger partial charge on any atom is -0.494 e. The molecule has 1 heterocycles. The van der Waals surface area contributed by atoms with Crippen LogP contribution in [-0.2, 0) is 34.5 Å². The molecule has 0 amide bonds. The predicted molar refractivity (Wildman–Crippen MR) is 567 cm³/mol. The van der Waals surface area contributed by atoms with Crippen molar-refractivity contribution in [2.24, 2.45) is 0 Å². The van der Waals surface area contributed by atoms with E-state index >= 15 is 0 Å². The van der Waals surface area contributed by atoms with Gasteiger partial charge in [0.1, 0.15) is 34.3 Å². The number of anilines is 6. The second-order valence-corrected chi connectivity index (χ2v) is 38.7. The lowest BCUT2D eigenvalue weighted by Crippen LogP contribution is -2.29. The number of hydrogen-bond acceptors (Lipinski definition) is 5. The van der Waals surface area contributed by atoms with Gasteiger partial charge in [-0.05, 0) is 327 Å². The maximum absolute atomic E-state index is 14.4. The van der Waals surface area contributed by atoms with Gasteiger partial charge in [0.05, 0.1) is 24.0 Å². The second kappa shape index (κ2) is 36.9. The summed E-state index contributed by atoms with van der Waals surface area (Å²) in [6, 6.07) is 148. The molecule has 2 atom stereocenters. The zero-order chi connectivity index (χ0) is 93.5. The Morgan fingerprint density at radius 1 is 0.285 bits per heavy atom. The maximum Gasteiger partial charge on any atom is 0.137 e. The standard InChI is InChI=1S/C130H108F2N2O3/c1-9-87-35-71-113(72-36-87)135-79-17-15-21-89-31-47-101(48-32-89)129(103-55-51-99(52-56-103)127(3,4)5)121-29-13-11-27-115(121)117-75-67-109(83-123(117)129)133(107-63-43-93(44-64-107)97-25-19-23-95(81-97)91-39-59-105(131)60-40-91)111-69-77-119-120-78-70-112(86-126(120)137-125(119)85-111)134(108-65-45-94(46-66-108)98-26-20-24-96(82-98)92-41-61-106(132)62-42-92)110-68-76-118-116-28-12-14-30-122(116)130(124(118)84-110,104-57-53-100(54-58-104)128(6,7)8)102-49-33-90(34-50-102)22-16-18-80-136-114-73-37-88(10-2)38-74-114/h9-14,19-20,23-78,81-86H,1-2,15-18,21-22,79-80H2,3-8H3. The van der Waals surface area contributed by atoms with E-state index in [0.717, 1.165) is 162 Å². The number of rotatable bonds is 28. The average molecular weight is 1780 g/mol. The van der Waals surface area contributed by atoms with Crippen molar-refractivity contribution in [3.05, 3.63) is 515 Å². The molecule has 5 nitrogen and oxygen atoms in total. The number of benzene rings is 18. The number of aryl methyl sites for hydroxylation is 2. The third kappa shape index (κ3) is 17.0. The molecule has 0 aliphatic heterocycles. The summed E-state index contributed by atoms with van der Waals surface area (Å²) in [6.45, 7) is 22.9. The van der Waals surface area contributed by atoms with Crippen LogP contribution in [0.25, 0.3) is 101 Å². The molecule has 2 aliphatic rings. The van der Waals surface area contributed by atoms with Gasteiger partial charge in [0.2, 0.25) is 0 Å². The summed E-state index contributed by atoms with van der Waals surface area (Å²) < 4.78 is 48.6. The van der Waals surface area contributed by atoms with Crippen molar-refractivity contribution in [1.29, 1.82) is 0 Å². The highest BCUT2D eigenvalue weighted by atomic mass is 19.1. The molecule has 670 valence electrons. The van der Waals surface area contributed by atoms with Crippen LogP contribution >= 0.6 is 0 Å². The number of furan rings is 1. The van der Waals surface area contributed by atoms with Gasteiger partial charge >= 0.3 is 0 Å². The Labute approximate surface area is 803 Å². The van der Waals surface area contributed by atoms with Crippen LogP contribution in [0.5, 0.6) is 11.5 Å². The van der Waals surface area contributed by atoms with E-state index < -0.39 is 10.8 Å². The Kier molecular flexibility index (Phi) is 23.7. The summed E-state index contributed by atoms with van der Waals surface area (Å²) in [6.07, 6.45) is 9.37. The lowest BCUT2D eigenvalue weighted by atomic mass is 9.67. The Morgan fingerprint density at radius 2 is 0.599 bits per heavy atom. The normalized spacial score (nSPS) is 14.2. The fourth-order valence-corrected chi connectivity index (χ4v) is 20.9. The molecule has 0 spiro atoms. The van der Waals surface area contributed by atoms with Crippen molar-refractivity contribution in [3.63, 3.8) is 0 Å². The molecule has 1 aromatic heterocycles. The monoisotopic (exact) mass is 1780 g/mol. The summed E-state index contributed by atoms with van der Waals surface area (Å²) in [5.41, 5.74) is 35.3. The summed E-state index contributed by atoms with van der Waals surface area (Å²) >= 11 is 0. The molecule has 0 saturated carbocycles. The molecule has 0 saturated heterocycles. The predicted octanol–water partition coefficient (Wildman–Crippen LogP) is 34.9. The van der Waals surface area contributed by atoms with E-state index in [0.29, 0.717) is 13.2 Å². The SMILES string of the molecule is C=Cc1ccc(OCCCCc2ccc(C3(c4ccc(C(C)(C)C)cc4)c4ccccc4-c4ccc(N(c5ccc(-c6cccc(-c7ccc(F)cc7)c6)cc5)c5ccc6c(c5)oc5cc(N(c7ccc(-c8cccc(-c9ccc(F)cc9)c8)cc7)c7ccc8c(c7)C(c7ccc(CCCCOc9ccc(C=C)cc9)cc7)(c7ccc(C(C)(C)C)cc7)c7ccccc7-8)ccc56)cc43)cc2)cc1. The van der Waals surface area contributed by atoms with Gasteiger partial charge in [0, 0.05) is 57.0 Å². The van der Waals surface area contributed by atoms with Crippen LogP contribution in [0.2, 0.25) is 0 Å². The third-order valence-corrected chi connectivity index (χ3v) is 28.2. The topological polar surface area (TPSA) is 38.1 Å². The highest BCUT2D eigenvalue weighted by Gasteiger charge is 2.49. The molecular weight excluding hydrogens is 1680 g/mol. The maximum atomic E-state index is 14.4. The largest absolute Gasteiger partial charge is 0.494 e. The first-order chi connectivity index (χ1) is 66.8. The fraction of sp³-hybridized carbons (Fsp3) is 0.138. The number of nitrogens with zero attached hydrogens (tertiary/aromatic N) is 2. The zero-order valence-electron chi connectivity index (χ0n) is 78.4. The smallest absolute Gasteiger partial charge is 0.137 e. The molecule has 21 rings (SSSR count). The third-order valence-electron chi connectivity index (χ3n) is 28.2. The van der Waals surface area contributed by atoms with Crippen LogP contribution < -0.4 is 19.3 Å². The van der Waals surface area contributed by atoms with E-state index in [1.807, 2.05) is 84.9 Å². The van der Waals surface area contributed by atoms with Gasteiger partial charge in [-0.1, -0.05) is 334 Å². The van der Waals surface area contributed by atoms with Crippen LogP contribution in [-0.4, -0.2) is 13.2 Å². The summed E-state index contributed by atoms with van der Waals surface area (Å²) in [5, 5.41) is 1.98. The zero-order valence-corrected chi connectivity index (χ0v) is 78.4. The van der Waals surface area contributed by atoms with E-state index in [2.05, 4.69) is 380 Å². The van der Waals surface area contributed by atoms with Gasteiger partial charge in [-0.15, -0.1) is 0 Å². The molecule has 2 aliphatic carbocycles. The lowest BCUT2D eigenvalue weighted by molar-refractivity contribution is 0.307. The van der Waals surface area contributed by atoms with Crippen LogP contribution in [0, 0.1) is 11.6 Å².